The lowest BCUT2D eigenvalue weighted by Crippen LogP contribution is -2.20. The smallest absolute Gasteiger partial charge is 0.119 e. The molecule has 0 radical (unpaired) electrons. The van der Waals surface area contributed by atoms with E-state index >= 15 is 0 Å². The molecule has 3 heteroatoms. The van der Waals surface area contributed by atoms with Gasteiger partial charge >= 0.3 is 0 Å². The van der Waals surface area contributed by atoms with Crippen LogP contribution in [0.1, 0.15) is 25.8 Å². The van der Waals surface area contributed by atoms with Gasteiger partial charge < -0.3 is 15.6 Å². The zero-order valence-electron chi connectivity index (χ0n) is 10.7. The Bertz CT molecular complexity index is 326. The summed E-state index contributed by atoms with van der Waals surface area (Å²) in [6.45, 7) is 5.01. The van der Waals surface area contributed by atoms with Crippen molar-refractivity contribution in [1.82, 2.24) is 0 Å². The quantitative estimate of drug-likeness (QED) is 0.762. The Morgan fingerprint density at radius 3 is 2.76 bits per heavy atom. The van der Waals surface area contributed by atoms with Gasteiger partial charge in [0.2, 0.25) is 0 Å². The molecule has 17 heavy (non-hydrogen) atoms. The summed E-state index contributed by atoms with van der Waals surface area (Å²) in [5, 5.41) is 9.38. The van der Waals surface area contributed by atoms with Gasteiger partial charge in [0, 0.05) is 5.92 Å². The van der Waals surface area contributed by atoms with Gasteiger partial charge in [-0.2, -0.15) is 0 Å². The third-order valence-corrected chi connectivity index (χ3v) is 2.90. The standard InChI is InChI=1S/C14H23NO2/c1-11(12(2)16)10-17-14-7-3-5-13(9-14)6-4-8-15/h3,5,7,9,11-12,16H,4,6,8,10,15H2,1-2H3. The first kappa shape index (κ1) is 14.0. The molecule has 3 N–H and O–H groups in total. The molecule has 0 saturated carbocycles. The van der Waals surface area contributed by atoms with Crippen LogP contribution in [0.4, 0.5) is 0 Å². The number of rotatable bonds is 7. The molecule has 0 aliphatic heterocycles. The summed E-state index contributed by atoms with van der Waals surface area (Å²) in [5.41, 5.74) is 6.73. The van der Waals surface area contributed by atoms with E-state index in [2.05, 4.69) is 6.07 Å². The first-order chi connectivity index (χ1) is 8.13. The number of benzene rings is 1. The van der Waals surface area contributed by atoms with E-state index in [1.165, 1.54) is 5.56 Å². The van der Waals surface area contributed by atoms with Crippen LogP contribution < -0.4 is 10.5 Å². The minimum absolute atomic E-state index is 0.141. The number of hydrogen-bond donors (Lipinski definition) is 2. The van der Waals surface area contributed by atoms with Crippen molar-refractivity contribution in [2.75, 3.05) is 13.2 Å². The lowest BCUT2D eigenvalue weighted by molar-refractivity contribution is 0.0992. The second-order valence-corrected chi connectivity index (χ2v) is 4.57. The lowest BCUT2D eigenvalue weighted by Gasteiger charge is -2.15. The number of aliphatic hydroxyl groups excluding tert-OH is 1. The van der Waals surface area contributed by atoms with Crippen molar-refractivity contribution in [3.8, 4) is 5.75 Å². The predicted molar refractivity (Wildman–Crippen MR) is 70.2 cm³/mol. The molecule has 96 valence electrons. The molecule has 1 rings (SSSR count). The van der Waals surface area contributed by atoms with Gasteiger partial charge in [0.05, 0.1) is 12.7 Å². The van der Waals surface area contributed by atoms with Crippen LogP contribution in [0, 0.1) is 5.92 Å². The molecule has 0 bridgehead atoms. The minimum Gasteiger partial charge on any atom is -0.493 e. The summed E-state index contributed by atoms with van der Waals surface area (Å²) in [4.78, 5) is 0. The van der Waals surface area contributed by atoms with Crippen molar-refractivity contribution < 1.29 is 9.84 Å². The maximum Gasteiger partial charge on any atom is 0.119 e. The Morgan fingerprint density at radius 1 is 1.35 bits per heavy atom. The van der Waals surface area contributed by atoms with Crippen LogP contribution in [0.3, 0.4) is 0 Å². The Labute approximate surface area is 104 Å². The average molecular weight is 237 g/mol. The van der Waals surface area contributed by atoms with Gasteiger partial charge in [0.15, 0.2) is 0 Å². The number of hydrogen-bond acceptors (Lipinski definition) is 3. The summed E-state index contributed by atoms with van der Waals surface area (Å²) < 4.78 is 5.66. The summed E-state index contributed by atoms with van der Waals surface area (Å²) in [5.74, 6) is 1.01. The van der Waals surface area contributed by atoms with Gasteiger partial charge in [-0.25, -0.2) is 0 Å². The highest BCUT2D eigenvalue weighted by molar-refractivity contribution is 5.28. The molecule has 0 fully saturated rings. The number of aryl methyl sites for hydroxylation is 1. The van der Waals surface area contributed by atoms with Gasteiger partial charge in [0.1, 0.15) is 5.75 Å². The van der Waals surface area contributed by atoms with E-state index in [-0.39, 0.29) is 12.0 Å². The maximum atomic E-state index is 9.38. The molecule has 2 atom stereocenters. The Balaban J connectivity index is 2.48. The fourth-order valence-electron chi connectivity index (χ4n) is 1.46. The Morgan fingerprint density at radius 2 is 2.12 bits per heavy atom. The lowest BCUT2D eigenvalue weighted by atomic mass is 10.1. The highest BCUT2D eigenvalue weighted by Gasteiger charge is 2.09. The molecule has 3 nitrogen and oxygen atoms in total. The third kappa shape index (κ3) is 5.20. The van der Waals surface area contributed by atoms with Gasteiger partial charge in [-0.15, -0.1) is 0 Å². The van der Waals surface area contributed by atoms with Crippen molar-refractivity contribution in [3.63, 3.8) is 0 Å². The second-order valence-electron chi connectivity index (χ2n) is 4.57. The molecule has 0 saturated heterocycles. The molecule has 1 aromatic rings. The number of aliphatic hydroxyl groups is 1. The Hall–Kier alpha value is -1.06. The van der Waals surface area contributed by atoms with Gasteiger partial charge in [-0.3, -0.25) is 0 Å². The topological polar surface area (TPSA) is 55.5 Å². The van der Waals surface area contributed by atoms with Crippen LogP contribution in [0.5, 0.6) is 5.75 Å². The molecule has 2 unspecified atom stereocenters. The van der Waals surface area contributed by atoms with Crippen LogP contribution in [0.25, 0.3) is 0 Å². The van der Waals surface area contributed by atoms with Crippen molar-refractivity contribution in [3.05, 3.63) is 29.8 Å². The first-order valence-electron chi connectivity index (χ1n) is 6.23. The monoisotopic (exact) mass is 237 g/mol. The fourth-order valence-corrected chi connectivity index (χ4v) is 1.46. The third-order valence-electron chi connectivity index (χ3n) is 2.90. The van der Waals surface area contributed by atoms with Crippen molar-refractivity contribution >= 4 is 0 Å². The largest absolute Gasteiger partial charge is 0.493 e. The average Bonchev–Trinajstić information content (AvgIpc) is 2.33. The zero-order chi connectivity index (χ0) is 12.7. The molecule has 0 aliphatic carbocycles. The minimum atomic E-state index is -0.338. The SMILES string of the molecule is CC(O)C(C)COc1cccc(CCCN)c1. The highest BCUT2D eigenvalue weighted by Crippen LogP contribution is 2.16. The van der Waals surface area contributed by atoms with Gasteiger partial charge in [-0.05, 0) is 44.0 Å². The fraction of sp³-hybridized carbons (Fsp3) is 0.571. The Kier molecular flexibility index (Phi) is 6.01. The summed E-state index contributed by atoms with van der Waals surface area (Å²) in [6, 6.07) is 8.07. The van der Waals surface area contributed by atoms with E-state index in [1.54, 1.807) is 6.92 Å². The van der Waals surface area contributed by atoms with Gasteiger partial charge in [-0.1, -0.05) is 19.1 Å². The molecule has 0 aromatic heterocycles. The van der Waals surface area contributed by atoms with E-state index in [1.807, 2.05) is 25.1 Å². The van der Waals surface area contributed by atoms with Gasteiger partial charge in [0.25, 0.3) is 0 Å². The van der Waals surface area contributed by atoms with Crippen molar-refractivity contribution in [1.29, 1.82) is 0 Å². The van der Waals surface area contributed by atoms with E-state index in [4.69, 9.17) is 10.5 Å². The molecule has 0 aliphatic rings. The van der Waals surface area contributed by atoms with Crippen LogP contribution in [0.15, 0.2) is 24.3 Å². The summed E-state index contributed by atoms with van der Waals surface area (Å²) >= 11 is 0. The molecular weight excluding hydrogens is 214 g/mol. The van der Waals surface area contributed by atoms with Crippen molar-refractivity contribution in [2.45, 2.75) is 32.8 Å². The first-order valence-corrected chi connectivity index (χ1v) is 6.23. The molecule has 1 aromatic carbocycles. The summed E-state index contributed by atoms with van der Waals surface area (Å²) in [6.07, 6.45) is 1.64. The van der Waals surface area contributed by atoms with Crippen molar-refractivity contribution in [2.24, 2.45) is 11.7 Å². The number of nitrogens with two attached hydrogens (primary N) is 1. The van der Waals surface area contributed by atoms with E-state index in [0.717, 1.165) is 18.6 Å². The summed E-state index contributed by atoms with van der Waals surface area (Å²) in [7, 11) is 0. The normalized spacial score (nSPS) is 14.4. The maximum absolute atomic E-state index is 9.38. The van der Waals surface area contributed by atoms with Crippen LogP contribution >= 0.6 is 0 Å². The van der Waals surface area contributed by atoms with Crippen LogP contribution in [-0.4, -0.2) is 24.4 Å². The second kappa shape index (κ2) is 7.30. The van der Waals surface area contributed by atoms with Crippen LogP contribution in [0.2, 0.25) is 0 Å². The number of ether oxygens (including phenoxy) is 1. The zero-order valence-corrected chi connectivity index (χ0v) is 10.7. The predicted octanol–water partition coefficient (Wildman–Crippen LogP) is 1.97. The van der Waals surface area contributed by atoms with E-state index in [9.17, 15) is 5.11 Å². The molecule has 0 amide bonds. The van der Waals surface area contributed by atoms with Crippen LogP contribution in [-0.2, 0) is 6.42 Å². The molecule has 0 spiro atoms. The molecule has 0 heterocycles. The van der Waals surface area contributed by atoms with E-state index in [0.29, 0.717) is 13.2 Å². The highest BCUT2D eigenvalue weighted by atomic mass is 16.5. The molecular formula is C14H23NO2. The van der Waals surface area contributed by atoms with E-state index < -0.39 is 0 Å².